The first-order chi connectivity index (χ1) is 11.8. The van der Waals surface area contributed by atoms with Crippen LogP contribution in [0.5, 0.6) is 0 Å². The van der Waals surface area contributed by atoms with E-state index in [1.165, 1.54) is 0 Å². The Morgan fingerprint density at radius 3 is 3.13 bits per heavy atom. The first kappa shape index (κ1) is 14.2. The minimum absolute atomic E-state index is 0.123. The molecule has 0 unspecified atom stereocenters. The van der Waals surface area contributed by atoms with Crippen LogP contribution in [0.25, 0.3) is 11.1 Å². The van der Waals surface area contributed by atoms with Gasteiger partial charge in [0.15, 0.2) is 5.58 Å². The lowest BCUT2D eigenvalue weighted by Gasteiger charge is -2.06. The molecule has 3 rings (SSSR count). The highest BCUT2D eigenvalue weighted by Gasteiger charge is 2.19. The molecule has 8 heteroatoms. The van der Waals surface area contributed by atoms with E-state index in [0.29, 0.717) is 33.6 Å². The molecule has 0 fully saturated rings. The van der Waals surface area contributed by atoms with E-state index in [2.05, 4.69) is 26.2 Å². The summed E-state index contributed by atoms with van der Waals surface area (Å²) < 4.78 is 33.8. The van der Waals surface area contributed by atoms with E-state index >= 15 is 0 Å². The summed E-state index contributed by atoms with van der Waals surface area (Å²) in [5.74, 6) is 0.318. The maximum absolute atomic E-state index is 13.4. The Kier molecular flexibility index (Phi) is 4.43. The molecule has 3 aromatic heterocycles. The van der Waals surface area contributed by atoms with Crippen LogP contribution in [0.2, 0.25) is 5.15 Å². The molecule has 0 aliphatic carbocycles. The van der Waals surface area contributed by atoms with Crippen molar-refractivity contribution in [2.24, 2.45) is 5.73 Å². The van der Waals surface area contributed by atoms with Crippen LogP contribution in [0.1, 0.15) is 13.4 Å². The van der Waals surface area contributed by atoms with Crippen molar-refractivity contribution < 1.29 is 11.5 Å². The Hall–Kier alpha value is -1.15. The predicted molar refractivity (Wildman–Crippen MR) is 96.0 cm³/mol. The molecule has 0 aliphatic heterocycles. The zero-order chi connectivity index (χ0) is 18.2. The maximum Gasteiger partial charge on any atom is 0.177 e. The second kappa shape index (κ2) is 7.17. The van der Waals surface area contributed by atoms with Crippen molar-refractivity contribution in [1.82, 2.24) is 4.98 Å². The number of thiophene rings is 1. The topological polar surface area (TPSA) is 64.1 Å². The third-order valence-corrected chi connectivity index (χ3v) is 5.09. The van der Waals surface area contributed by atoms with Gasteiger partial charge in [0.25, 0.3) is 0 Å². The second-order valence-corrected chi connectivity index (χ2v) is 7.07. The third-order valence-electron chi connectivity index (χ3n) is 3.20. The Morgan fingerprint density at radius 2 is 2.43 bits per heavy atom. The van der Waals surface area contributed by atoms with Gasteiger partial charge in [0.1, 0.15) is 23.1 Å². The van der Waals surface area contributed by atoms with Crippen molar-refractivity contribution >= 4 is 55.7 Å². The summed E-state index contributed by atoms with van der Waals surface area (Å²) in [5, 5.41) is 5.51. The summed E-state index contributed by atoms with van der Waals surface area (Å²) in [5.41, 5.74) is 7.15. The number of nitrogens with one attached hydrogen (secondary N) is 1. The normalized spacial score (nSPS) is 14.6. The van der Waals surface area contributed by atoms with Crippen LogP contribution in [-0.4, -0.2) is 17.7 Å². The van der Waals surface area contributed by atoms with Gasteiger partial charge in [-0.2, -0.15) is 0 Å². The molecule has 0 spiro atoms. The Morgan fingerprint density at radius 1 is 1.61 bits per heavy atom. The molecule has 0 bridgehead atoms. The maximum atomic E-state index is 13.4. The molecule has 3 N–H and O–H groups in total. The quantitative estimate of drug-likeness (QED) is 0.565. The summed E-state index contributed by atoms with van der Waals surface area (Å²) in [6.45, 7) is -2.42. The van der Waals surface area contributed by atoms with Gasteiger partial charge in [0, 0.05) is 30.0 Å². The lowest BCUT2D eigenvalue weighted by atomic mass is 10.2. The highest BCUT2D eigenvalue weighted by atomic mass is 79.9. The minimum atomic E-state index is -3.01. The van der Waals surface area contributed by atoms with Crippen molar-refractivity contribution in [2.75, 3.05) is 11.9 Å². The molecule has 0 saturated carbocycles. The molecule has 3 heterocycles. The lowest BCUT2D eigenvalue weighted by Crippen LogP contribution is -2.24. The van der Waals surface area contributed by atoms with Crippen LogP contribution in [0.15, 0.2) is 32.5 Å². The molecule has 1 atom stereocenters. The lowest BCUT2D eigenvalue weighted by molar-refractivity contribution is 0.406. The van der Waals surface area contributed by atoms with Gasteiger partial charge in [-0.3, -0.25) is 0 Å². The van der Waals surface area contributed by atoms with Crippen molar-refractivity contribution in [3.8, 4) is 0 Å². The van der Waals surface area contributed by atoms with Gasteiger partial charge in [0.2, 0.25) is 0 Å². The van der Waals surface area contributed by atoms with Crippen LogP contribution in [0.3, 0.4) is 0 Å². The van der Waals surface area contributed by atoms with Gasteiger partial charge in [-0.15, -0.1) is 11.3 Å². The average molecular weight is 421 g/mol. The van der Waals surface area contributed by atoms with E-state index in [1.807, 2.05) is 17.5 Å². The highest BCUT2D eigenvalue weighted by Crippen LogP contribution is 2.36. The number of fused-ring (bicyclic) bond motifs is 1. The minimum Gasteiger partial charge on any atom is -0.456 e. The third kappa shape index (κ3) is 3.68. The molecular weight excluding hydrogens is 405 g/mol. The zero-order valence-electron chi connectivity index (χ0n) is 13.8. The van der Waals surface area contributed by atoms with Crippen LogP contribution >= 0.6 is 38.9 Å². The molecule has 122 valence electrons. The molecule has 0 amide bonds. The number of furan rings is 1. The van der Waals surface area contributed by atoms with Crippen LogP contribution < -0.4 is 11.1 Å². The van der Waals surface area contributed by atoms with Gasteiger partial charge in [0.05, 0.1) is 12.9 Å². The largest absolute Gasteiger partial charge is 0.456 e. The van der Waals surface area contributed by atoms with Gasteiger partial charge < -0.3 is 15.5 Å². The number of aromatic nitrogens is 1. The summed E-state index contributed by atoms with van der Waals surface area (Å²) in [6, 6.07) is 4.25. The fraction of sp³-hybridized carbons (Fsp3) is 0.267. The Balaban J connectivity index is 1.94. The van der Waals surface area contributed by atoms with E-state index in [1.54, 1.807) is 17.4 Å². The van der Waals surface area contributed by atoms with Crippen molar-refractivity contribution in [2.45, 2.75) is 19.0 Å². The van der Waals surface area contributed by atoms with Gasteiger partial charge in [-0.1, -0.05) is 17.7 Å². The van der Waals surface area contributed by atoms with Crippen LogP contribution in [-0.2, 0) is 13.0 Å². The molecule has 0 radical (unpaired) electrons. The van der Waals surface area contributed by atoms with Crippen molar-refractivity contribution in [1.29, 1.82) is 0 Å². The van der Waals surface area contributed by atoms with Gasteiger partial charge >= 0.3 is 0 Å². The van der Waals surface area contributed by atoms with E-state index in [0.717, 1.165) is 4.88 Å². The summed E-state index contributed by atoms with van der Waals surface area (Å²) in [7, 11) is 0. The molecule has 0 aliphatic rings. The molecular formula is C15H14BrClFN3OS. The van der Waals surface area contributed by atoms with Gasteiger partial charge in [-0.25, -0.2) is 9.37 Å². The summed E-state index contributed by atoms with van der Waals surface area (Å²) in [6.07, 6.45) is -0.123. The van der Waals surface area contributed by atoms with Crippen molar-refractivity contribution in [3.63, 3.8) is 0 Å². The summed E-state index contributed by atoms with van der Waals surface area (Å²) in [4.78, 5) is 5.37. The average Bonchev–Trinajstić information content (AvgIpc) is 3.14. The van der Waals surface area contributed by atoms with Crippen molar-refractivity contribution in [3.05, 3.63) is 43.8 Å². The second-order valence-electron chi connectivity index (χ2n) is 4.86. The molecule has 0 saturated heterocycles. The van der Waals surface area contributed by atoms with Crippen LogP contribution in [0, 0.1) is 0 Å². The number of halogens is 3. The Labute approximate surface area is 152 Å². The Bertz CT molecular complexity index is 885. The highest BCUT2D eigenvalue weighted by molar-refractivity contribution is 9.10. The number of rotatable bonds is 6. The van der Waals surface area contributed by atoms with E-state index < -0.39 is 12.7 Å². The number of nitrogens with zero attached hydrogens (tertiary/aromatic N) is 1. The number of alkyl halides is 1. The fourth-order valence-corrected chi connectivity index (χ4v) is 3.50. The molecule has 3 aromatic rings. The first-order valence-electron chi connectivity index (χ1n) is 7.74. The van der Waals surface area contributed by atoms with Crippen LogP contribution in [0.4, 0.5) is 10.1 Å². The molecule has 0 aromatic carbocycles. The monoisotopic (exact) mass is 419 g/mol. The predicted octanol–water partition coefficient (Wildman–Crippen LogP) is 4.76. The summed E-state index contributed by atoms with van der Waals surface area (Å²) >= 11 is 11.1. The number of hydrogen-bond acceptors (Lipinski definition) is 5. The number of pyridine rings is 1. The number of nitrogens with two attached hydrogens (primary N) is 1. The molecule has 23 heavy (non-hydrogen) atoms. The zero-order valence-corrected chi connectivity index (χ0v) is 14.9. The van der Waals surface area contributed by atoms with Gasteiger partial charge in [-0.05, 0) is 27.4 Å². The number of hydrogen-bond donors (Lipinski definition) is 2. The molecule has 4 nitrogen and oxygen atoms in total. The SMILES string of the molecule is [2H]C([2H])(F)[C@H](N)Cc1oc2c(NCc3cccs3)cc(Cl)nc2c1Br. The fourth-order valence-electron chi connectivity index (χ4n) is 2.15. The van der Waals surface area contributed by atoms with E-state index in [-0.39, 0.29) is 11.6 Å². The first-order valence-corrected chi connectivity index (χ1v) is 8.79. The van der Waals surface area contributed by atoms with E-state index in [4.69, 9.17) is 24.5 Å². The van der Waals surface area contributed by atoms with E-state index in [9.17, 15) is 4.39 Å². The smallest absolute Gasteiger partial charge is 0.177 e. The standard InChI is InChI=1S/C15H14BrClFN3OS/c16-13-11(4-8(19)6-18)22-15-10(5-12(17)21-14(13)15)20-7-9-2-1-3-23-9/h1-3,5,8H,4,6-7,19H2,(H,20,21)/t8-/m1/s1/i6D2. The number of anilines is 1.